The number of hydrogen-bond donors (Lipinski definition) is 0. The molecule has 0 spiro atoms. The Morgan fingerprint density at radius 2 is 2.06 bits per heavy atom. The zero-order chi connectivity index (χ0) is 11.7. The minimum absolute atomic E-state index is 0.232. The number of Topliss-reactive ketones (excluding diaryl/α,β-unsaturated/α-hetero) is 1. The molecule has 2 heteroatoms. The van der Waals surface area contributed by atoms with Crippen LogP contribution in [0.2, 0.25) is 0 Å². The van der Waals surface area contributed by atoms with Crippen LogP contribution in [0.25, 0.3) is 10.9 Å². The first-order valence-corrected chi connectivity index (χ1v) is 5.65. The standard InChI is InChI=1S/C14H17NO/c1-10-9-15(11(2)8-12(3)16)14-7-5-4-6-13(10)14/h4-7,9,11H,8H2,1-3H3. The summed E-state index contributed by atoms with van der Waals surface area (Å²) in [5.74, 6) is 0.239. The molecule has 0 aliphatic heterocycles. The summed E-state index contributed by atoms with van der Waals surface area (Å²) in [5, 5.41) is 1.28. The topological polar surface area (TPSA) is 22.0 Å². The Hall–Kier alpha value is -1.57. The summed E-state index contributed by atoms with van der Waals surface area (Å²) in [4.78, 5) is 11.2. The van der Waals surface area contributed by atoms with Gasteiger partial charge in [0.15, 0.2) is 0 Å². The Morgan fingerprint density at radius 3 is 2.75 bits per heavy atom. The lowest BCUT2D eigenvalue weighted by Crippen LogP contribution is -2.07. The highest BCUT2D eigenvalue weighted by Crippen LogP contribution is 2.25. The maximum Gasteiger partial charge on any atom is 0.131 e. The monoisotopic (exact) mass is 215 g/mol. The normalized spacial score (nSPS) is 12.9. The number of rotatable bonds is 3. The third kappa shape index (κ3) is 1.87. The van der Waals surface area contributed by atoms with Crippen LogP contribution in [-0.4, -0.2) is 10.4 Å². The van der Waals surface area contributed by atoms with Crippen molar-refractivity contribution in [1.82, 2.24) is 4.57 Å². The van der Waals surface area contributed by atoms with Gasteiger partial charge in [0.2, 0.25) is 0 Å². The fourth-order valence-electron chi connectivity index (χ4n) is 2.26. The van der Waals surface area contributed by atoms with Gasteiger partial charge < -0.3 is 4.57 Å². The third-order valence-electron chi connectivity index (χ3n) is 3.00. The van der Waals surface area contributed by atoms with Gasteiger partial charge >= 0.3 is 0 Å². The van der Waals surface area contributed by atoms with Gasteiger partial charge in [-0.3, -0.25) is 4.79 Å². The summed E-state index contributed by atoms with van der Waals surface area (Å²) in [6.07, 6.45) is 2.73. The predicted molar refractivity (Wildman–Crippen MR) is 66.7 cm³/mol. The second-order valence-corrected chi connectivity index (χ2v) is 4.49. The molecular formula is C14H17NO. The van der Waals surface area contributed by atoms with Crippen molar-refractivity contribution in [2.24, 2.45) is 0 Å². The fraction of sp³-hybridized carbons (Fsp3) is 0.357. The maximum absolute atomic E-state index is 11.2. The summed E-state index contributed by atoms with van der Waals surface area (Å²) in [7, 11) is 0. The van der Waals surface area contributed by atoms with E-state index in [9.17, 15) is 4.79 Å². The second-order valence-electron chi connectivity index (χ2n) is 4.49. The number of hydrogen-bond acceptors (Lipinski definition) is 1. The highest BCUT2D eigenvalue weighted by molar-refractivity contribution is 5.84. The van der Waals surface area contributed by atoms with E-state index in [0.29, 0.717) is 6.42 Å². The minimum atomic E-state index is 0.232. The molecule has 0 aliphatic carbocycles. The van der Waals surface area contributed by atoms with E-state index in [4.69, 9.17) is 0 Å². The van der Waals surface area contributed by atoms with E-state index in [1.807, 2.05) is 6.07 Å². The number of nitrogens with zero attached hydrogens (tertiary/aromatic N) is 1. The number of ketones is 1. The van der Waals surface area contributed by atoms with Crippen LogP contribution < -0.4 is 0 Å². The van der Waals surface area contributed by atoms with Crippen molar-refractivity contribution in [3.63, 3.8) is 0 Å². The lowest BCUT2D eigenvalue weighted by atomic mass is 10.1. The molecule has 84 valence electrons. The van der Waals surface area contributed by atoms with Gasteiger partial charge in [-0.05, 0) is 32.4 Å². The van der Waals surface area contributed by atoms with Gasteiger partial charge in [0.1, 0.15) is 5.78 Å². The average molecular weight is 215 g/mol. The summed E-state index contributed by atoms with van der Waals surface area (Å²) >= 11 is 0. The minimum Gasteiger partial charge on any atom is -0.344 e. The molecule has 1 aromatic heterocycles. The van der Waals surface area contributed by atoms with Gasteiger partial charge in [-0.2, -0.15) is 0 Å². The molecule has 1 heterocycles. The van der Waals surface area contributed by atoms with Crippen molar-refractivity contribution in [2.45, 2.75) is 33.2 Å². The van der Waals surface area contributed by atoms with Gasteiger partial charge in [-0.15, -0.1) is 0 Å². The van der Waals surface area contributed by atoms with Crippen molar-refractivity contribution in [3.8, 4) is 0 Å². The molecule has 0 N–H and O–H groups in total. The first-order chi connectivity index (χ1) is 7.59. The van der Waals surface area contributed by atoms with E-state index in [0.717, 1.165) is 0 Å². The quantitative estimate of drug-likeness (QED) is 0.768. The number of aryl methyl sites for hydroxylation is 1. The van der Waals surface area contributed by atoms with Crippen molar-refractivity contribution >= 4 is 16.7 Å². The summed E-state index contributed by atoms with van der Waals surface area (Å²) < 4.78 is 2.20. The van der Waals surface area contributed by atoms with Crippen molar-refractivity contribution in [1.29, 1.82) is 0 Å². The van der Waals surface area contributed by atoms with E-state index < -0.39 is 0 Å². The molecule has 2 rings (SSSR count). The molecule has 0 saturated carbocycles. The number of para-hydroxylation sites is 1. The van der Waals surface area contributed by atoms with Gasteiger partial charge in [-0.1, -0.05) is 18.2 Å². The lowest BCUT2D eigenvalue weighted by Gasteiger charge is -2.13. The predicted octanol–water partition coefficient (Wildman–Crippen LogP) is 3.49. The first-order valence-electron chi connectivity index (χ1n) is 5.65. The lowest BCUT2D eigenvalue weighted by molar-refractivity contribution is -0.117. The van der Waals surface area contributed by atoms with E-state index >= 15 is 0 Å². The van der Waals surface area contributed by atoms with Crippen LogP contribution in [0.3, 0.4) is 0 Å². The van der Waals surface area contributed by atoms with Crippen LogP contribution in [0.1, 0.15) is 31.9 Å². The Morgan fingerprint density at radius 1 is 1.38 bits per heavy atom. The Kier molecular flexibility index (Phi) is 2.82. The Balaban J connectivity index is 2.48. The molecule has 16 heavy (non-hydrogen) atoms. The van der Waals surface area contributed by atoms with Crippen LogP contribution in [-0.2, 0) is 4.79 Å². The third-order valence-corrected chi connectivity index (χ3v) is 3.00. The van der Waals surface area contributed by atoms with Crippen LogP contribution in [0.4, 0.5) is 0 Å². The van der Waals surface area contributed by atoms with E-state index in [1.54, 1.807) is 6.92 Å². The molecule has 2 nitrogen and oxygen atoms in total. The number of aromatic nitrogens is 1. The number of fused-ring (bicyclic) bond motifs is 1. The van der Waals surface area contributed by atoms with Crippen LogP contribution >= 0.6 is 0 Å². The van der Waals surface area contributed by atoms with Crippen LogP contribution in [0.15, 0.2) is 30.5 Å². The Labute approximate surface area is 95.9 Å². The largest absolute Gasteiger partial charge is 0.344 e. The van der Waals surface area contributed by atoms with Gasteiger partial charge in [0, 0.05) is 29.6 Å². The van der Waals surface area contributed by atoms with Gasteiger partial charge in [-0.25, -0.2) is 0 Å². The summed E-state index contributed by atoms with van der Waals surface area (Å²) in [6.45, 7) is 5.85. The number of benzene rings is 1. The first kappa shape index (κ1) is 10.9. The molecular weight excluding hydrogens is 198 g/mol. The second kappa shape index (κ2) is 4.12. The highest BCUT2D eigenvalue weighted by Gasteiger charge is 2.11. The SMILES string of the molecule is CC(=O)CC(C)n1cc(C)c2ccccc21. The number of carbonyl (C=O) groups excluding carboxylic acids is 1. The summed E-state index contributed by atoms with van der Waals surface area (Å²) in [6, 6.07) is 8.56. The average Bonchev–Trinajstić information content (AvgIpc) is 2.56. The summed E-state index contributed by atoms with van der Waals surface area (Å²) in [5.41, 5.74) is 2.49. The molecule has 0 amide bonds. The molecule has 0 aliphatic rings. The zero-order valence-corrected chi connectivity index (χ0v) is 10.0. The molecule has 0 fully saturated rings. The van der Waals surface area contributed by atoms with Gasteiger partial charge in [0.05, 0.1) is 0 Å². The van der Waals surface area contributed by atoms with Crippen LogP contribution in [0, 0.1) is 6.92 Å². The van der Waals surface area contributed by atoms with E-state index in [2.05, 4.69) is 42.8 Å². The van der Waals surface area contributed by atoms with E-state index in [1.165, 1.54) is 16.5 Å². The molecule has 0 bridgehead atoms. The fourth-order valence-corrected chi connectivity index (χ4v) is 2.26. The van der Waals surface area contributed by atoms with Crippen molar-refractivity contribution in [2.75, 3.05) is 0 Å². The smallest absolute Gasteiger partial charge is 0.131 e. The number of carbonyl (C=O) groups is 1. The van der Waals surface area contributed by atoms with Crippen molar-refractivity contribution in [3.05, 3.63) is 36.0 Å². The molecule has 0 radical (unpaired) electrons. The van der Waals surface area contributed by atoms with Gasteiger partial charge in [0.25, 0.3) is 0 Å². The molecule has 0 saturated heterocycles. The molecule has 1 atom stereocenters. The maximum atomic E-state index is 11.2. The molecule has 1 aromatic carbocycles. The van der Waals surface area contributed by atoms with Crippen molar-refractivity contribution < 1.29 is 4.79 Å². The van der Waals surface area contributed by atoms with Crippen LogP contribution in [0.5, 0.6) is 0 Å². The highest BCUT2D eigenvalue weighted by atomic mass is 16.1. The molecule has 1 unspecified atom stereocenters. The Bertz CT molecular complexity index is 525. The molecule has 2 aromatic rings. The zero-order valence-electron chi connectivity index (χ0n) is 10.0. The van der Waals surface area contributed by atoms with E-state index in [-0.39, 0.29) is 11.8 Å².